The van der Waals surface area contributed by atoms with Crippen molar-refractivity contribution in [3.05, 3.63) is 39.7 Å². The van der Waals surface area contributed by atoms with E-state index in [1.165, 1.54) is 5.38 Å². The van der Waals surface area contributed by atoms with Crippen LogP contribution >= 0.6 is 11.3 Å². The van der Waals surface area contributed by atoms with Crippen LogP contribution in [0, 0.1) is 0 Å². The average Bonchev–Trinajstić information content (AvgIpc) is 2.98. The number of hydrogen-bond donors (Lipinski definition) is 2. The minimum atomic E-state index is -4.93. The lowest BCUT2D eigenvalue weighted by molar-refractivity contribution is -0.143. The molecular weight excluding hydrogens is 408 g/mol. The van der Waals surface area contributed by atoms with E-state index in [4.69, 9.17) is 5.73 Å². The summed E-state index contributed by atoms with van der Waals surface area (Å²) in [4.78, 5) is 15.8. The van der Waals surface area contributed by atoms with E-state index < -0.39 is 29.0 Å². The summed E-state index contributed by atoms with van der Waals surface area (Å²) >= 11 is 1.01. The normalized spacial score (nSPS) is 12.9. The van der Waals surface area contributed by atoms with Crippen LogP contribution in [-0.2, 0) is 23.7 Å². The fraction of sp³-hybridized carbons (Fsp3) is 0.412. The summed E-state index contributed by atoms with van der Waals surface area (Å²) in [6.45, 7) is 3.32. The van der Waals surface area contributed by atoms with Gasteiger partial charge in [0.1, 0.15) is 5.01 Å². The van der Waals surface area contributed by atoms with Crippen molar-refractivity contribution in [1.82, 2.24) is 10.3 Å². The molecule has 0 aliphatic rings. The van der Waals surface area contributed by atoms with E-state index in [0.29, 0.717) is 17.1 Å². The first-order valence-electron chi connectivity index (χ1n) is 7.95. The molecule has 1 aromatic heterocycles. The second-order valence-electron chi connectivity index (χ2n) is 6.86. The molecule has 2 aromatic rings. The Balaban J connectivity index is 2.25. The van der Waals surface area contributed by atoms with Gasteiger partial charge in [0.15, 0.2) is 0 Å². The highest BCUT2D eigenvalue weighted by molar-refractivity contribution is 7.09. The Bertz CT molecular complexity index is 820. The highest BCUT2D eigenvalue weighted by atomic mass is 32.1. The van der Waals surface area contributed by atoms with Gasteiger partial charge in [0.25, 0.3) is 0 Å². The van der Waals surface area contributed by atoms with Gasteiger partial charge >= 0.3 is 12.4 Å². The number of hydrogen-bond acceptors (Lipinski definition) is 4. The molecular formula is C17H17F6N3OS. The zero-order valence-electron chi connectivity index (χ0n) is 14.8. The van der Waals surface area contributed by atoms with Crippen molar-refractivity contribution in [2.24, 2.45) is 5.73 Å². The van der Waals surface area contributed by atoms with Gasteiger partial charge < -0.3 is 11.1 Å². The Labute approximate surface area is 160 Å². The summed E-state index contributed by atoms with van der Waals surface area (Å²) in [5.41, 5.74) is 1.84. The van der Waals surface area contributed by atoms with Crippen LogP contribution in [0.1, 0.15) is 36.4 Å². The van der Waals surface area contributed by atoms with Crippen molar-refractivity contribution in [2.45, 2.75) is 44.7 Å². The zero-order valence-corrected chi connectivity index (χ0v) is 15.6. The molecule has 0 radical (unpaired) electrons. The van der Waals surface area contributed by atoms with Crippen molar-refractivity contribution in [3.8, 4) is 11.3 Å². The largest absolute Gasteiger partial charge is 0.416 e. The van der Waals surface area contributed by atoms with Crippen LogP contribution in [0.3, 0.4) is 0 Å². The number of thiazole rings is 1. The van der Waals surface area contributed by atoms with E-state index in [0.717, 1.165) is 11.3 Å². The Kier molecular flexibility index (Phi) is 6.10. The summed E-state index contributed by atoms with van der Waals surface area (Å²) in [6, 6.07) is 1.29. The van der Waals surface area contributed by atoms with Crippen LogP contribution in [0.4, 0.5) is 26.3 Å². The van der Waals surface area contributed by atoms with Gasteiger partial charge in [-0.3, -0.25) is 4.79 Å². The maximum atomic E-state index is 13.0. The van der Waals surface area contributed by atoms with Crippen LogP contribution in [0.5, 0.6) is 0 Å². The molecule has 0 unspecified atom stereocenters. The van der Waals surface area contributed by atoms with Gasteiger partial charge in [-0.1, -0.05) is 0 Å². The molecule has 4 nitrogen and oxygen atoms in total. The molecule has 0 saturated carbocycles. The lowest BCUT2D eigenvalue weighted by Gasteiger charge is -2.17. The third kappa shape index (κ3) is 6.20. The maximum Gasteiger partial charge on any atom is 0.416 e. The number of carbonyl (C=O) groups is 1. The molecule has 2 rings (SSSR count). The first-order chi connectivity index (χ1) is 12.6. The van der Waals surface area contributed by atoms with E-state index in [9.17, 15) is 31.1 Å². The van der Waals surface area contributed by atoms with Crippen LogP contribution in [0.2, 0.25) is 0 Å². The van der Waals surface area contributed by atoms with E-state index in [1.807, 2.05) is 0 Å². The molecule has 1 aromatic carbocycles. The predicted molar refractivity (Wildman–Crippen MR) is 92.3 cm³/mol. The second kappa shape index (κ2) is 7.70. The Hall–Kier alpha value is -2.14. The second-order valence-corrected chi connectivity index (χ2v) is 7.81. The summed E-state index contributed by atoms with van der Waals surface area (Å²) in [5, 5.41) is 4.24. The molecule has 0 aliphatic carbocycles. The smallest absolute Gasteiger partial charge is 0.350 e. The highest BCUT2D eigenvalue weighted by Gasteiger charge is 2.37. The molecule has 11 heteroatoms. The van der Waals surface area contributed by atoms with E-state index in [2.05, 4.69) is 10.3 Å². The third-order valence-corrected chi connectivity index (χ3v) is 4.34. The number of aromatic nitrogens is 1. The summed E-state index contributed by atoms with van der Waals surface area (Å²) in [6.07, 6.45) is -9.82. The Morgan fingerprint density at radius 2 is 1.61 bits per heavy atom. The molecule has 0 aliphatic heterocycles. The summed E-state index contributed by atoms with van der Waals surface area (Å²) in [5.74, 6) is -0.345. The number of nitrogens with two attached hydrogens (primary N) is 1. The van der Waals surface area contributed by atoms with E-state index in [1.54, 1.807) is 13.8 Å². The zero-order chi connectivity index (χ0) is 21.3. The van der Waals surface area contributed by atoms with Crippen molar-refractivity contribution >= 4 is 17.2 Å². The number of nitrogens with one attached hydrogen (secondary N) is 1. The van der Waals surface area contributed by atoms with Gasteiger partial charge in [0, 0.05) is 22.9 Å². The van der Waals surface area contributed by atoms with Crippen LogP contribution in [0.15, 0.2) is 23.6 Å². The fourth-order valence-corrected chi connectivity index (χ4v) is 3.02. The molecule has 1 heterocycles. The number of rotatable bonds is 5. The first kappa shape index (κ1) is 22.2. The van der Waals surface area contributed by atoms with Gasteiger partial charge in [-0.05, 0) is 32.0 Å². The lowest BCUT2D eigenvalue weighted by Crippen LogP contribution is -2.38. The maximum absolute atomic E-state index is 13.0. The van der Waals surface area contributed by atoms with Gasteiger partial charge in [-0.15, -0.1) is 11.3 Å². The molecule has 1 amide bonds. The number of amides is 1. The van der Waals surface area contributed by atoms with Crippen molar-refractivity contribution in [1.29, 1.82) is 0 Å². The Morgan fingerprint density at radius 1 is 1.07 bits per heavy atom. The van der Waals surface area contributed by atoms with Crippen LogP contribution in [-0.4, -0.2) is 16.4 Å². The van der Waals surface area contributed by atoms with Gasteiger partial charge in [-0.2, -0.15) is 26.3 Å². The van der Waals surface area contributed by atoms with Crippen LogP contribution < -0.4 is 11.1 Å². The molecule has 28 heavy (non-hydrogen) atoms. The fourth-order valence-electron chi connectivity index (χ4n) is 2.28. The number of halogens is 6. The van der Waals surface area contributed by atoms with Crippen molar-refractivity contribution in [3.63, 3.8) is 0 Å². The van der Waals surface area contributed by atoms with Crippen molar-refractivity contribution in [2.75, 3.05) is 0 Å². The molecule has 0 atom stereocenters. The van der Waals surface area contributed by atoms with Gasteiger partial charge in [-0.25, -0.2) is 4.98 Å². The minimum absolute atomic E-state index is 0.00926. The summed E-state index contributed by atoms with van der Waals surface area (Å²) < 4.78 is 77.8. The molecule has 0 bridgehead atoms. The molecule has 3 N–H and O–H groups in total. The monoisotopic (exact) mass is 425 g/mol. The number of alkyl halides is 6. The number of nitrogens with zero attached hydrogens (tertiary/aromatic N) is 1. The standard InChI is InChI=1S/C17H17F6N3OS/c1-15(2,24)6-13(27)25-7-14-26-12(8-28-14)9-3-10(16(18,19)20)5-11(4-9)17(21,22)23/h3-5,8H,6-7,24H2,1-2H3,(H,25,27). The van der Waals surface area contributed by atoms with Crippen LogP contribution in [0.25, 0.3) is 11.3 Å². The van der Waals surface area contributed by atoms with Gasteiger partial charge in [0.05, 0.1) is 23.4 Å². The average molecular weight is 425 g/mol. The summed E-state index contributed by atoms with van der Waals surface area (Å²) in [7, 11) is 0. The van der Waals surface area contributed by atoms with Gasteiger partial charge in [0.2, 0.25) is 5.91 Å². The Morgan fingerprint density at radius 3 is 2.07 bits per heavy atom. The number of carbonyl (C=O) groups excluding carboxylic acids is 1. The number of benzene rings is 1. The molecule has 154 valence electrons. The topological polar surface area (TPSA) is 68.0 Å². The minimum Gasteiger partial charge on any atom is -0.350 e. The van der Waals surface area contributed by atoms with E-state index in [-0.39, 0.29) is 36.2 Å². The van der Waals surface area contributed by atoms with Crippen molar-refractivity contribution < 1.29 is 31.1 Å². The first-order valence-corrected chi connectivity index (χ1v) is 8.83. The third-order valence-electron chi connectivity index (χ3n) is 3.49. The molecule has 0 fully saturated rings. The SMILES string of the molecule is CC(C)(N)CC(=O)NCc1nc(-c2cc(C(F)(F)F)cc(C(F)(F)F)c2)cs1. The molecule has 0 saturated heterocycles. The lowest BCUT2D eigenvalue weighted by atomic mass is 10.0. The molecule has 0 spiro atoms. The predicted octanol–water partition coefficient (Wildman–Crippen LogP) is 4.59. The quantitative estimate of drug-likeness (QED) is 0.689. The highest BCUT2D eigenvalue weighted by Crippen LogP contribution is 2.38. The van der Waals surface area contributed by atoms with E-state index >= 15 is 0 Å².